The van der Waals surface area contributed by atoms with Gasteiger partial charge in [-0.2, -0.15) is 0 Å². The number of hydrogen-bond acceptors (Lipinski definition) is 7. The molecule has 3 rings (SSSR count). The van der Waals surface area contributed by atoms with Gasteiger partial charge in [-0.15, -0.1) is 13.2 Å². The van der Waals surface area contributed by atoms with E-state index < -0.39 is 47.7 Å². The molecule has 3 aliphatic rings. The van der Waals surface area contributed by atoms with E-state index in [4.69, 9.17) is 9.47 Å². The Morgan fingerprint density at radius 2 is 2.00 bits per heavy atom. The molecule has 0 saturated carbocycles. The molecule has 1 unspecified atom stereocenters. The van der Waals surface area contributed by atoms with Crippen molar-refractivity contribution in [3.05, 3.63) is 25.3 Å². The highest BCUT2D eigenvalue weighted by Crippen LogP contribution is 2.59. The predicted octanol–water partition coefficient (Wildman–Crippen LogP) is 2.35. The molecule has 0 aromatic carbocycles. The Kier molecular flexibility index (Phi) is 10.9. The molecule has 224 valence electrons. The topological polar surface area (TPSA) is 125 Å². The summed E-state index contributed by atoms with van der Waals surface area (Å²) in [4.78, 5) is 57.1. The molecule has 1 spiro atoms. The summed E-state index contributed by atoms with van der Waals surface area (Å²) >= 11 is 0. The molecule has 2 N–H and O–H groups in total. The van der Waals surface area contributed by atoms with E-state index in [2.05, 4.69) is 25.4 Å². The zero-order chi connectivity index (χ0) is 29.6. The number of aliphatic hydroxyl groups excluding tert-OH is 1. The lowest BCUT2D eigenvalue weighted by molar-refractivity contribution is -0.160. The molecule has 2 bridgehead atoms. The van der Waals surface area contributed by atoms with Gasteiger partial charge >= 0.3 is 5.97 Å². The first-order chi connectivity index (χ1) is 19.1. The second-order valence-corrected chi connectivity index (χ2v) is 11.3. The summed E-state index contributed by atoms with van der Waals surface area (Å²) in [6, 6.07) is -1.62. The first-order valence-electron chi connectivity index (χ1n) is 14.7. The van der Waals surface area contributed by atoms with Crippen LogP contribution in [0.25, 0.3) is 0 Å². The molecule has 3 saturated heterocycles. The van der Waals surface area contributed by atoms with Crippen LogP contribution in [0.5, 0.6) is 0 Å². The highest BCUT2D eigenvalue weighted by Gasteiger charge is 2.75. The first-order valence-corrected chi connectivity index (χ1v) is 14.7. The molecule has 10 nitrogen and oxygen atoms in total. The number of hydrogen-bond donors (Lipinski definition) is 2. The Bertz CT molecular complexity index is 967. The lowest BCUT2D eigenvalue weighted by Crippen LogP contribution is -2.60. The largest absolute Gasteiger partial charge is 0.460 e. The quantitative estimate of drug-likeness (QED) is 0.219. The second-order valence-electron chi connectivity index (χ2n) is 11.3. The number of ether oxygens (including phenoxy) is 2. The summed E-state index contributed by atoms with van der Waals surface area (Å²) in [5.41, 5.74) is -1.17. The number of fused-ring (bicyclic) bond motifs is 1. The van der Waals surface area contributed by atoms with Gasteiger partial charge in [0, 0.05) is 19.0 Å². The van der Waals surface area contributed by atoms with Crippen molar-refractivity contribution in [3.63, 3.8) is 0 Å². The minimum Gasteiger partial charge on any atom is -0.460 e. The van der Waals surface area contributed by atoms with Crippen LogP contribution >= 0.6 is 0 Å². The molecule has 3 heterocycles. The normalized spacial score (nSPS) is 28.9. The van der Waals surface area contributed by atoms with Crippen LogP contribution in [0.1, 0.15) is 72.6 Å². The van der Waals surface area contributed by atoms with Gasteiger partial charge in [0.2, 0.25) is 17.7 Å². The number of carbonyl (C=O) groups is 4. The van der Waals surface area contributed by atoms with E-state index in [1.165, 1.54) is 4.90 Å². The van der Waals surface area contributed by atoms with Crippen molar-refractivity contribution in [1.82, 2.24) is 15.1 Å². The smallest absolute Gasteiger partial charge is 0.312 e. The fourth-order valence-corrected chi connectivity index (χ4v) is 6.70. The van der Waals surface area contributed by atoms with Gasteiger partial charge in [-0.3, -0.25) is 19.2 Å². The summed E-state index contributed by atoms with van der Waals surface area (Å²) in [5.74, 6) is -3.06. The molecule has 3 aliphatic heterocycles. The summed E-state index contributed by atoms with van der Waals surface area (Å²) < 4.78 is 12.2. The van der Waals surface area contributed by atoms with Crippen LogP contribution in [-0.2, 0) is 28.7 Å². The number of rotatable bonds is 16. The van der Waals surface area contributed by atoms with E-state index in [1.54, 1.807) is 24.0 Å². The fourth-order valence-electron chi connectivity index (χ4n) is 6.70. The van der Waals surface area contributed by atoms with Gasteiger partial charge in [0.15, 0.2) is 0 Å². The third-order valence-corrected chi connectivity index (χ3v) is 8.65. The molecule has 0 aliphatic carbocycles. The second kappa shape index (κ2) is 13.8. The Morgan fingerprint density at radius 3 is 2.60 bits per heavy atom. The Labute approximate surface area is 238 Å². The molecule has 8 atom stereocenters. The number of nitrogens with one attached hydrogen (secondary N) is 1. The van der Waals surface area contributed by atoms with Crippen LogP contribution in [-0.4, -0.2) is 94.2 Å². The molecule has 3 amide bonds. The summed E-state index contributed by atoms with van der Waals surface area (Å²) in [6.07, 6.45) is 6.15. The molecule has 10 heteroatoms. The van der Waals surface area contributed by atoms with E-state index in [9.17, 15) is 24.3 Å². The van der Waals surface area contributed by atoms with Gasteiger partial charge in [0.1, 0.15) is 17.7 Å². The van der Waals surface area contributed by atoms with Crippen molar-refractivity contribution in [1.29, 1.82) is 0 Å². The number of nitrogens with zero attached hydrogens (tertiary/aromatic N) is 2. The molecule has 0 aromatic heterocycles. The number of aliphatic hydroxyl groups is 1. The average molecular weight is 562 g/mol. The SMILES string of the molecule is C=CCCC(=O)NC[C@H](C)OC(=O)[C@@H]1[C@H]2C(=O)N([C@@H](CC)CO)[C@H](C(=O)N(CC=C)C(C)CCC)[C@]23CC[C@H]1O3. The van der Waals surface area contributed by atoms with Gasteiger partial charge in [-0.25, -0.2) is 0 Å². The standard InChI is InChI=1S/C30H47N3O7/c1-7-11-13-23(35)31-17-20(6)39-29(38)24-22-14-15-30(40-22)25(24)27(36)33(21(10-4)18-34)26(30)28(37)32(16-9-3)19(5)12-8-2/h7,9,19-22,24-26,34H,1,3,8,10-18H2,2,4-6H3,(H,31,35)/t19?,20-,21-,22+,24-,25-,26+,30-/m0/s1. The van der Waals surface area contributed by atoms with Crippen molar-refractivity contribution in [2.45, 2.75) is 109 Å². The van der Waals surface area contributed by atoms with Crippen molar-refractivity contribution < 1.29 is 33.8 Å². The number of carbonyl (C=O) groups excluding carboxylic acids is 4. The highest BCUT2D eigenvalue weighted by molar-refractivity contribution is 5.98. The zero-order valence-electron chi connectivity index (χ0n) is 24.5. The third-order valence-electron chi connectivity index (χ3n) is 8.65. The molecular formula is C30H47N3O7. The maximum Gasteiger partial charge on any atom is 0.312 e. The van der Waals surface area contributed by atoms with Gasteiger partial charge in [-0.05, 0) is 46.0 Å². The summed E-state index contributed by atoms with van der Waals surface area (Å²) in [6.45, 7) is 15.2. The lowest BCUT2D eigenvalue weighted by Gasteiger charge is -2.40. The van der Waals surface area contributed by atoms with Crippen LogP contribution in [0.2, 0.25) is 0 Å². The summed E-state index contributed by atoms with van der Waals surface area (Å²) in [5, 5.41) is 13.0. The van der Waals surface area contributed by atoms with Crippen molar-refractivity contribution in [2.24, 2.45) is 11.8 Å². The van der Waals surface area contributed by atoms with E-state index in [0.717, 1.165) is 12.8 Å². The van der Waals surface area contributed by atoms with Crippen molar-refractivity contribution in [3.8, 4) is 0 Å². The van der Waals surface area contributed by atoms with Crippen molar-refractivity contribution >= 4 is 23.7 Å². The maximum atomic E-state index is 14.3. The van der Waals surface area contributed by atoms with Gasteiger partial charge in [0.25, 0.3) is 0 Å². The van der Waals surface area contributed by atoms with Gasteiger partial charge in [0.05, 0.1) is 37.1 Å². The Morgan fingerprint density at radius 1 is 1.27 bits per heavy atom. The molecule has 40 heavy (non-hydrogen) atoms. The molecule has 0 radical (unpaired) electrons. The van der Waals surface area contributed by atoms with Crippen molar-refractivity contribution in [2.75, 3.05) is 19.7 Å². The van der Waals surface area contributed by atoms with E-state index in [1.807, 2.05) is 13.8 Å². The lowest BCUT2D eigenvalue weighted by atomic mass is 9.70. The van der Waals surface area contributed by atoms with Crippen LogP contribution in [0.4, 0.5) is 0 Å². The average Bonchev–Trinajstić information content (AvgIpc) is 3.57. The van der Waals surface area contributed by atoms with Gasteiger partial charge in [-0.1, -0.05) is 32.4 Å². The first kappa shape index (κ1) is 31.8. The number of esters is 1. The third kappa shape index (κ3) is 5.98. The summed E-state index contributed by atoms with van der Waals surface area (Å²) in [7, 11) is 0. The van der Waals surface area contributed by atoms with Crippen LogP contribution in [0, 0.1) is 11.8 Å². The molecule has 3 fully saturated rings. The van der Waals surface area contributed by atoms with Crippen LogP contribution in [0.3, 0.4) is 0 Å². The van der Waals surface area contributed by atoms with Gasteiger partial charge < -0.3 is 29.7 Å². The Balaban J connectivity index is 1.89. The predicted molar refractivity (Wildman–Crippen MR) is 150 cm³/mol. The number of allylic oxidation sites excluding steroid dienone is 1. The fraction of sp³-hybridized carbons (Fsp3) is 0.733. The van der Waals surface area contributed by atoms with Crippen LogP contribution < -0.4 is 5.32 Å². The molecular weight excluding hydrogens is 514 g/mol. The van der Waals surface area contributed by atoms with E-state index in [-0.39, 0.29) is 36.9 Å². The van der Waals surface area contributed by atoms with E-state index >= 15 is 0 Å². The van der Waals surface area contributed by atoms with E-state index in [0.29, 0.717) is 38.6 Å². The number of amides is 3. The monoisotopic (exact) mass is 561 g/mol. The minimum atomic E-state index is -1.17. The minimum absolute atomic E-state index is 0.0842. The number of likely N-dealkylation sites (tertiary alicyclic amines) is 1. The Hall–Kier alpha value is -2.72. The molecule has 0 aromatic rings. The van der Waals surface area contributed by atoms with Crippen LogP contribution in [0.15, 0.2) is 25.3 Å². The highest BCUT2D eigenvalue weighted by atomic mass is 16.6. The zero-order valence-corrected chi connectivity index (χ0v) is 24.5. The maximum absolute atomic E-state index is 14.3.